The summed E-state index contributed by atoms with van der Waals surface area (Å²) in [5, 5.41) is 7.24. The predicted octanol–water partition coefficient (Wildman–Crippen LogP) is 4.41. The van der Waals surface area contributed by atoms with Crippen molar-refractivity contribution in [2.45, 2.75) is 39.8 Å². The van der Waals surface area contributed by atoms with E-state index in [-0.39, 0.29) is 24.0 Å². The van der Waals surface area contributed by atoms with Gasteiger partial charge in [0.1, 0.15) is 5.15 Å². The zero-order valence-electron chi connectivity index (χ0n) is 14.2. The standard InChI is InChI=1S/C17H23ClN4S.HI/c1-4-19-17(21-11-14-6-8-16(18)20-10-14)22-12(2)9-15-7-5-13(3)23-15;/h5-8,10,12H,4,9,11H2,1-3H3,(H2,19,21,22);1H. The molecule has 2 heterocycles. The fraction of sp³-hybridized carbons (Fsp3) is 0.412. The van der Waals surface area contributed by atoms with E-state index in [9.17, 15) is 0 Å². The molecule has 0 amide bonds. The zero-order chi connectivity index (χ0) is 16.7. The van der Waals surface area contributed by atoms with Gasteiger partial charge in [0, 0.05) is 35.0 Å². The molecule has 2 aromatic heterocycles. The minimum Gasteiger partial charge on any atom is -0.357 e. The van der Waals surface area contributed by atoms with Gasteiger partial charge in [0.15, 0.2) is 5.96 Å². The summed E-state index contributed by atoms with van der Waals surface area (Å²) < 4.78 is 0. The normalized spacial score (nSPS) is 12.4. The zero-order valence-corrected chi connectivity index (χ0v) is 18.1. The Morgan fingerprint density at radius 2 is 2.12 bits per heavy atom. The molecule has 2 rings (SSSR count). The summed E-state index contributed by atoms with van der Waals surface area (Å²) in [7, 11) is 0. The van der Waals surface area contributed by atoms with Gasteiger partial charge in [-0.1, -0.05) is 17.7 Å². The summed E-state index contributed by atoms with van der Waals surface area (Å²) in [5.74, 6) is 0.822. The maximum Gasteiger partial charge on any atom is 0.191 e. The fourth-order valence-electron chi connectivity index (χ4n) is 2.17. The first-order valence-corrected chi connectivity index (χ1v) is 8.97. The van der Waals surface area contributed by atoms with E-state index in [1.165, 1.54) is 9.75 Å². The molecule has 0 saturated carbocycles. The number of aliphatic imine (C=N–C) groups is 1. The van der Waals surface area contributed by atoms with Gasteiger partial charge in [0.05, 0.1) is 6.54 Å². The Morgan fingerprint density at radius 1 is 1.33 bits per heavy atom. The predicted molar refractivity (Wildman–Crippen MR) is 115 cm³/mol. The lowest BCUT2D eigenvalue weighted by molar-refractivity contribution is 0.645. The first-order valence-electron chi connectivity index (χ1n) is 7.77. The largest absolute Gasteiger partial charge is 0.357 e. The van der Waals surface area contributed by atoms with Crippen LogP contribution in [0.5, 0.6) is 0 Å². The average Bonchev–Trinajstić information content (AvgIpc) is 2.91. The number of guanidine groups is 1. The number of hydrogen-bond donors (Lipinski definition) is 2. The van der Waals surface area contributed by atoms with E-state index in [1.807, 2.05) is 17.4 Å². The van der Waals surface area contributed by atoms with Crippen LogP contribution < -0.4 is 10.6 Å². The van der Waals surface area contributed by atoms with Crippen molar-refractivity contribution in [2.24, 2.45) is 4.99 Å². The molecular formula is C17H24ClIN4S. The van der Waals surface area contributed by atoms with Crippen molar-refractivity contribution >= 4 is 52.9 Å². The second-order valence-corrected chi connectivity index (χ2v) is 7.21. The van der Waals surface area contributed by atoms with Crippen molar-refractivity contribution in [2.75, 3.05) is 6.54 Å². The van der Waals surface area contributed by atoms with Crippen molar-refractivity contribution in [3.05, 3.63) is 50.9 Å². The van der Waals surface area contributed by atoms with Crippen molar-refractivity contribution in [1.29, 1.82) is 0 Å². The molecule has 1 unspecified atom stereocenters. The van der Waals surface area contributed by atoms with Gasteiger partial charge in [-0.25, -0.2) is 9.98 Å². The second-order valence-electron chi connectivity index (χ2n) is 5.45. The lowest BCUT2D eigenvalue weighted by Crippen LogP contribution is -2.43. The molecule has 0 saturated heterocycles. The van der Waals surface area contributed by atoms with Gasteiger partial charge in [0.25, 0.3) is 0 Å². The highest BCUT2D eigenvalue weighted by molar-refractivity contribution is 14.0. The van der Waals surface area contributed by atoms with Crippen molar-refractivity contribution in [3.63, 3.8) is 0 Å². The van der Waals surface area contributed by atoms with E-state index in [0.29, 0.717) is 17.7 Å². The van der Waals surface area contributed by atoms with Crippen LogP contribution in [-0.2, 0) is 13.0 Å². The SMILES string of the molecule is CCNC(=NCc1ccc(Cl)nc1)NC(C)Cc1ccc(C)s1.I. The lowest BCUT2D eigenvalue weighted by atomic mass is 10.2. The van der Waals surface area contributed by atoms with E-state index in [0.717, 1.165) is 24.5 Å². The molecule has 0 aromatic carbocycles. The number of aryl methyl sites for hydroxylation is 1. The molecule has 0 aliphatic heterocycles. The molecule has 0 aliphatic rings. The van der Waals surface area contributed by atoms with Crippen LogP contribution in [0.15, 0.2) is 35.5 Å². The smallest absolute Gasteiger partial charge is 0.191 e. The monoisotopic (exact) mass is 478 g/mol. The van der Waals surface area contributed by atoms with E-state index >= 15 is 0 Å². The molecule has 1 atom stereocenters. The van der Waals surface area contributed by atoms with Crippen LogP contribution >= 0.6 is 46.9 Å². The number of thiophene rings is 1. The van der Waals surface area contributed by atoms with Crippen molar-refractivity contribution < 1.29 is 0 Å². The van der Waals surface area contributed by atoms with Crippen LogP contribution in [0.4, 0.5) is 0 Å². The Bertz CT molecular complexity index is 642. The maximum absolute atomic E-state index is 5.80. The highest BCUT2D eigenvalue weighted by atomic mass is 127. The summed E-state index contributed by atoms with van der Waals surface area (Å²) in [6.07, 6.45) is 2.75. The van der Waals surface area contributed by atoms with Crippen LogP contribution in [0.3, 0.4) is 0 Å². The molecule has 0 fully saturated rings. The minimum absolute atomic E-state index is 0. The molecule has 2 N–H and O–H groups in total. The summed E-state index contributed by atoms with van der Waals surface area (Å²) >= 11 is 7.65. The molecule has 4 nitrogen and oxygen atoms in total. The summed E-state index contributed by atoms with van der Waals surface area (Å²) in [6, 6.07) is 8.41. The van der Waals surface area contributed by atoms with E-state index in [2.05, 4.69) is 53.5 Å². The topological polar surface area (TPSA) is 49.3 Å². The summed E-state index contributed by atoms with van der Waals surface area (Å²) in [6.45, 7) is 7.78. The van der Waals surface area contributed by atoms with Crippen LogP contribution in [0.2, 0.25) is 5.15 Å². The highest BCUT2D eigenvalue weighted by Crippen LogP contribution is 2.16. The number of rotatable bonds is 6. The van der Waals surface area contributed by atoms with Gasteiger partial charge >= 0.3 is 0 Å². The minimum atomic E-state index is 0. The Balaban J connectivity index is 0.00000288. The Hall–Kier alpha value is -0.860. The van der Waals surface area contributed by atoms with Gasteiger partial charge in [-0.2, -0.15) is 0 Å². The molecule has 2 aromatic rings. The molecule has 132 valence electrons. The molecule has 0 spiro atoms. The van der Waals surface area contributed by atoms with Crippen LogP contribution in [0.1, 0.15) is 29.2 Å². The molecule has 0 bridgehead atoms. The van der Waals surface area contributed by atoms with Gasteiger partial charge < -0.3 is 10.6 Å². The quantitative estimate of drug-likeness (QED) is 0.280. The number of nitrogens with one attached hydrogen (secondary N) is 2. The van der Waals surface area contributed by atoms with Crippen LogP contribution in [0, 0.1) is 6.92 Å². The maximum atomic E-state index is 5.80. The van der Waals surface area contributed by atoms with E-state index in [4.69, 9.17) is 11.6 Å². The molecule has 24 heavy (non-hydrogen) atoms. The number of aromatic nitrogens is 1. The lowest BCUT2D eigenvalue weighted by Gasteiger charge is -2.17. The first kappa shape index (κ1) is 21.2. The molecular weight excluding hydrogens is 455 g/mol. The van der Waals surface area contributed by atoms with Crippen LogP contribution in [0.25, 0.3) is 0 Å². The van der Waals surface area contributed by atoms with Crippen molar-refractivity contribution in [1.82, 2.24) is 15.6 Å². The number of pyridine rings is 1. The average molecular weight is 479 g/mol. The third-order valence-corrected chi connectivity index (χ3v) is 4.49. The van der Waals surface area contributed by atoms with Gasteiger partial charge in [-0.3, -0.25) is 0 Å². The number of halogens is 2. The molecule has 0 aliphatic carbocycles. The third kappa shape index (κ3) is 7.36. The highest BCUT2D eigenvalue weighted by Gasteiger charge is 2.07. The summed E-state index contributed by atoms with van der Waals surface area (Å²) in [5.41, 5.74) is 1.04. The van der Waals surface area contributed by atoms with Crippen molar-refractivity contribution in [3.8, 4) is 0 Å². The van der Waals surface area contributed by atoms with E-state index in [1.54, 1.807) is 12.3 Å². The number of hydrogen-bond acceptors (Lipinski definition) is 3. The van der Waals surface area contributed by atoms with Gasteiger partial charge in [-0.05, 0) is 44.5 Å². The Kier molecular flexibility index (Phi) is 9.61. The summed E-state index contributed by atoms with van der Waals surface area (Å²) in [4.78, 5) is 11.4. The molecule has 7 heteroatoms. The fourth-order valence-corrected chi connectivity index (χ4v) is 3.30. The first-order chi connectivity index (χ1) is 11.1. The third-order valence-electron chi connectivity index (χ3n) is 3.24. The van der Waals surface area contributed by atoms with Gasteiger partial charge in [-0.15, -0.1) is 35.3 Å². The van der Waals surface area contributed by atoms with Gasteiger partial charge in [0.2, 0.25) is 0 Å². The van der Waals surface area contributed by atoms with E-state index < -0.39 is 0 Å². The molecule has 0 radical (unpaired) electrons. The number of nitrogens with zero attached hydrogens (tertiary/aromatic N) is 2. The van der Waals surface area contributed by atoms with Crippen LogP contribution in [-0.4, -0.2) is 23.5 Å². The Labute approximate surface area is 170 Å². The Morgan fingerprint density at radius 3 is 2.71 bits per heavy atom. The second kappa shape index (κ2) is 10.9.